The van der Waals surface area contributed by atoms with Gasteiger partial charge < -0.3 is 19.9 Å². The highest BCUT2D eigenvalue weighted by molar-refractivity contribution is 5.79. The fraction of sp³-hybridized carbons (Fsp3) is 0.500. The molecule has 0 saturated carbocycles. The molecule has 6 heteroatoms. The Balaban J connectivity index is 2.35. The largest absolute Gasteiger partial charge is 0.494 e. The second-order valence-corrected chi connectivity index (χ2v) is 5.84. The molecular weight excluding hydrogens is 286 g/mol. The summed E-state index contributed by atoms with van der Waals surface area (Å²) in [6, 6.07) is 8.27. The van der Waals surface area contributed by atoms with Crippen molar-refractivity contribution in [1.29, 1.82) is 0 Å². The maximum absolute atomic E-state index is 11.6. The molecule has 0 aliphatic carbocycles. The van der Waals surface area contributed by atoms with Crippen LogP contribution < -0.4 is 10.1 Å². The fourth-order valence-electron chi connectivity index (χ4n) is 1.70. The number of hydrogen-bond donors (Lipinski definition) is 2. The van der Waals surface area contributed by atoms with Gasteiger partial charge in [-0.05, 0) is 45.7 Å². The monoisotopic (exact) mass is 309 g/mol. The van der Waals surface area contributed by atoms with Gasteiger partial charge in [-0.15, -0.1) is 0 Å². The molecule has 0 unspecified atom stereocenters. The first-order valence-corrected chi connectivity index (χ1v) is 7.18. The van der Waals surface area contributed by atoms with E-state index in [4.69, 9.17) is 14.6 Å². The van der Waals surface area contributed by atoms with Crippen molar-refractivity contribution in [2.75, 3.05) is 6.61 Å². The van der Waals surface area contributed by atoms with E-state index in [2.05, 4.69) is 5.32 Å². The molecule has 0 fully saturated rings. The Morgan fingerprint density at radius 1 is 1.23 bits per heavy atom. The number of carboxylic acids is 1. The topological polar surface area (TPSA) is 84.9 Å². The number of ether oxygens (including phenoxy) is 2. The lowest BCUT2D eigenvalue weighted by molar-refractivity contribution is -0.139. The molecular formula is C16H23NO5. The number of aliphatic carboxylic acids is 1. The van der Waals surface area contributed by atoms with Crippen molar-refractivity contribution in [1.82, 2.24) is 5.32 Å². The smallest absolute Gasteiger partial charge is 0.408 e. The van der Waals surface area contributed by atoms with Crippen molar-refractivity contribution >= 4 is 12.1 Å². The second-order valence-electron chi connectivity index (χ2n) is 5.84. The lowest BCUT2D eigenvalue weighted by Gasteiger charge is -2.22. The van der Waals surface area contributed by atoms with Crippen LogP contribution in [0.1, 0.15) is 33.6 Å². The van der Waals surface area contributed by atoms with Crippen molar-refractivity contribution in [3.63, 3.8) is 0 Å². The number of rotatable bonds is 7. The van der Waals surface area contributed by atoms with Crippen LogP contribution in [-0.2, 0) is 9.53 Å². The summed E-state index contributed by atoms with van der Waals surface area (Å²) in [7, 11) is 0. The fourth-order valence-corrected chi connectivity index (χ4v) is 1.70. The third-order valence-corrected chi connectivity index (χ3v) is 2.64. The van der Waals surface area contributed by atoms with Crippen LogP contribution in [0.15, 0.2) is 30.3 Å². The molecule has 0 saturated heterocycles. The Bertz CT molecular complexity index is 481. The van der Waals surface area contributed by atoms with Crippen LogP contribution in [0.2, 0.25) is 0 Å². The summed E-state index contributed by atoms with van der Waals surface area (Å²) in [4.78, 5) is 22.8. The summed E-state index contributed by atoms with van der Waals surface area (Å²) >= 11 is 0. The van der Waals surface area contributed by atoms with E-state index in [0.717, 1.165) is 5.75 Å². The minimum absolute atomic E-state index is 0.265. The Kier molecular flexibility index (Phi) is 6.69. The van der Waals surface area contributed by atoms with Gasteiger partial charge in [-0.2, -0.15) is 0 Å². The number of carbonyl (C=O) groups is 2. The van der Waals surface area contributed by atoms with Crippen LogP contribution in [0.4, 0.5) is 4.79 Å². The van der Waals surface area contributed by atoms with E-state index in [1.54, 1.807) is 20.8 Å². The minimum Gasteiger partial charge on any atom is -0.494 e. The molecule has 1 atom stereocenters. The molecule has 1 rings (SSSR count). The number of hydrogen-bond acceptors (Lipinski definition) is 4. The van der Waals surface area contributed by atoms with Crippen molar-refractivity contribution < 1.29 is 24.2 Å². The normalized spacial score (nSPS) is 12.3. The first-order valence-electron chi connectivity index (χ1n) is 7.18. The van der Waals surface area contributed by atoms with Crippen molar-refractivity contribution in [3.05, 3.63) is 30.3 Å². The number of benzene rings is 1. The Hall–Kier alpha value is -2.24. The minimum atomic E-state index is -1.09. The van der Waals surface area contributed by atoms with Gasteiger partial charge >= 0.3 is 12.1 Å². The van der Waals surface area contributed by atoms with Crippen molar-refractivity contribution in [2.24, 2.45) is 0 Å². The predicted molar refractivity (Wildman–Crippen MR) is 82.0 cm³/mol. The summed E-state index contributed by atoms with van der Waals surface area (Å²) in [6.07, 6.45) is 0.0344. The van der Waals surface area contributed by atoms with Crippen LogP contribution in [0.3, 0.4) is 0 Å². The highest BCUT2D eigenvalue weighted by Gasteiger charge is 2.23. The molecule has 0 spiro atoms. The molecule has 0 heterocycles. The lowest BCUT2D eigenvalue weighted by atomic mass is 10.1. The van der Waals surface area contributed by atoms with Crippen LogP contribution in [0, 0.1) is 0 Å². The average Bonchev–Trinajstić information content (AvgIpc) is 2.41. The zero-order valence-electron chi connectivity index (χ0n) is 13.2. The molecule has 122 valence electrons. The zero-order chi connectivity index (χ0) is 16.6. The number of alkyl carbamates (subject to hydrolysis) is 1. The van der Waals surface area contributed by atoms with E-state index in [1.807, 2.05) is 30.3 Å². The van der Waals surface area contributed by atoms with E-state index >= 15 is 0 Å². The number of nitrogens with one attached hydrogen (secondary N) is 1. The van der Waals surface area contributed by atoms with E-state index in [-0.39, 0.29) is 6.42 Å². The lowest BCUT2D eigenvalue weighted by Crippen LogP contribution is -2.43. The van der Waals surface area contributed by atoms with Crippen molar-refractivity contribution in [3.8, 4) is 5.75 Å². The third-order valence-electron chi connectivity index (χ3n) is 2.64. The molecule has 0 radical (unpaired) electrons. The van der Waals surface area contributed by atoms with Gasteiger partial charge in [-0.25, -0.2) is 9.59 Å². The van der Waals surface area contributed by atoms with E-state index in [9.17, 15) is 9.59 Å². The summed E-state index contributed by atoms with van der Waals surface area (Å²) in [5, 5.41) is 11.5. The Morgan fingerprint density at radius 2 is 1.86 bits per heavy atom. The molecule has 0 aromatic heterocycles. The van der Waals surface area contributed by atoms with Gasteiger partial charge in [-0.3, -0.25) is 0 Å². The van der Waals surface area contributed by atoms with Crippen LogP contribution in [0.5, 0.6) is 5.75 Å². The first-order chi connectivity index (χ1) is 10.3. The third kappa shape index (κ3) is 7.52. The summed E-state index contributed by atoms with van der Waals surface area (Å²) in [5.74, 6) is -0.361. The van der Waals surface area contributed by atoms with Gasteiger partial charge in [-0.1, -0.05) is 18.2 Å². The molecule has 1 amide bonds. The van der Waals surface area contributed by atoms with Gasteiger partial charge in [0.1, 0.15) is 17.4 Å². The van der Waals surface area contributed by atoms with E-state index < -0.39 is 23.7 Å². The van der Waals surface area contributed by atoms with Gasteiger partial charge in [0.15, 0.2) is 0 Å². The maximum Gasteiger partial charge on any atom is 0.408 e. The van der Waals surface area contributed by atoms with Gasteiger partial charge in [0.2, 0.25) is 0 Å². The average molecular weight is 309 g/mol. The number of carboxylic acid groups (broad SMARTS) is 1. The number of amides is 1. The van der Waals surface area contributed by atoms with E-state index in [1.165, 1.54) is 0 Å². The van der Waals surface area contributed by atoms with E-state index in [0.29, 0.717) is 13.0 Å². The highest BCUT2D eigenvalue weighted by atomic mass is 16.6. The number of carbonyl (C=O) groups excluding carboxylic acids is 1. The van der Waals surface area contributed by atoms with Crippen LogP contribution in [0.25, 0.3) is 0 Å². The molecule has 1 aromatic carbocycles. The van der Waals surface area contributed by atoms with Crippen LogP contribution in [-0.4, -0.2) is 35.4 Å². The molecule has 0 aliphatic rings. The molecule has 6 nitrogen and oxygen atoms in total. The quantitative estimate of drug-likeness (QED) is 0.757. The maximum atomic E-state index is 11.6. The molecule has 22 heavy (non-hydrogen) atoms. The first kappa shape index (κ1) is 17.8. The van der Waals surface area contributed by atoms with Gasteiger partial charge in [0.25, 0.3) is 0 Å². The molecule has 1 aromatic rings. The summed E-state index contributed by atoms with van der Waals surface area (Å²) in [5.41, 5.74) is -0.663. The van der Waals surface area contributed by atoms with Crippen LogP contribution >= 0.6 is 0 Å². The van der Waals surface area contributed by atoms with Gasteiger partial charge in [0, 0.05) is 0 Å². The molecule has 0 bridgehead atoms. The molecule has 2 N–H and O–H groups in total. The standard InChI is InChI=1S/C16H23NO5/c1-16(2,3)22-15(20)17-13(14(18)19)10-7-11-21-12-8-5-4-6-9-12/h4-6,8-9,13H,7,10-11H2,1-3H3,(H,17,20)(H,18,19)/t13-/m0/s1. The Morgan fingerprint density at radius 3 is 2.41 bits per heavy atom. The Labute approximate surface area is 130 Å². The molecule has 0 aliphatic heterocycles. The zero-order valence-corrected chi connectivity index (χ0v) is 13.2. The SMILES string of the molecule is CC(C)(C)OC(=O)N[C@@H](CCCOc1ccccc1)C(=O)O. The summed E-state index contributed by atoms with van der Waals surface area (Å²) < 4.78 is 10.5. The second kappa shape index (κ2) is 8.26. The number of para-hydroxylation sites is 1. The van der Waals surface area contributed by atoms with Gasteiger partial charge in [0.05, 0.1) is 6.61 Å². The highest BCUT2D eigenvalue weighted by Crippen LogP contribution is 2.10. The summed E-state index contributed by atoms with van der Waals surface area (Å²) in [6.45, 7) is 5.53. The van der Waals surface area contributed by atoms with Crippen molar-refractivity contribution in [2.45, 2.75) is 45.3 Å². The predicted octanol–water partition coefficient (Wildman–Crippen LogP) is 2.82.